The highest BCUT2D eigenvalue weighted by Gasteiger charge is 2.35. The second-order valence-corrected chi connectivity index (χ2v) is 7.12. The van der Waals surface area contributed by atoms with Crippen LogP contribution < -0.4 is 9.47 Å². The summed E-state index contributed by atoms with van der Waals surface area (Å²) in [5, 5.41) is 0. The van der Waals surface area contributed by atoms with E-state index in [-0.39, 0.29) is 5.92 Å². The number of halogens is 3. The zero-order valence-electron chi connectivity index (χ0n) is 12.4. The molecule has 2 nitrogen and oxygen atoms in total. The Kier molecular flexibility index (Phi) is 5.85. The lowest BCUT2D eigenvalue weighted by Crippen LogP contribution is -2.18. The first-order valence-corrected chi connectivity index (χ1v) is 8.02. The van der Waals surface area contributed by atoms with Gasteiger partial charge in [0.15, 0.2) is 0 Å². The fraction of sp³-hybridized carbons (Fsp3) is 0.294. The van der Waals surface area contributed by atoms with Gasteiger partial charge in [0, 0.05) is 0 Å². The van der Waals surface area contributed by atoms with Crippen LogP contribution in [0, 0.1) is 0 Å². The highest BCUT2D eigenvalue weighted by atomic mass is 35.6. The molecule has 0 N–H and O–H groups in total. The molecule has 1 unspecified atom stereocenters. The van der Waals surface area contributed by atoms with E-state index in [0.29, 0.717) is 6.61 Å². The number of rotatable bonds is 5. The topological polar surface area (TPSA) is 18.5 Å². The highest BCUT2D eigenvalue weighted by Crippen LogP contribution is 2.46. The molecular weight excluding hydrogens is 343 g/mol. The van der Waals surface area contributed by atoms with Crippen LogP contribution in [0.15, 0.2) is 48.5 Å². The summed E-state index contributed by atoms with van der Waals surface area (Å²) < 4.78 is 9.16. The molecule has 0 aliphatic carbocycles. The van der Waals surface area contributed by atoms with Crippen molar-refractivity contribution in [2.75, 3.05) is 13.7 Å². The van der Waals surface area contributed by atoms with Crippen molar-refractivity contribution in [1.82, 2.24) is 0 Å². The number of alkyl halides is 3. The maximum Gasteiger partial charge on any atom is 0.201 e. The second-order valence-electron chi connectivity index (χ2n) is 4.75. The molecule has 118 valence electrons. The summed E-state index contributed by atoms with van der Waals surface area (Å²) in [5.74, 6) is 1.18. The van der Waals surface area contributed by atoms with Crippen molar-refractivity contribution in [2.24, 2.45) is 0 Å². The first kappa shape index (κ1) is 17.3. The molecule has 0 saturated carbocycles. The van der Waals surface area contributed by atoms with Crippen molar-refractivity contribution in [3.63, 3.8) is 0 Å². The van der Waals surface area contributed by atoms with Gasteiger partial charge in [0.1, 0.15) is 11.5 Å². The maximum absolute atomic E-state index is 6.21. The van der Waals surface area contributed by atoms with E-state index in [4.69, 9.17) is 44.3 Å². The lowest BCUT2D eigenvalue weighted by atomic mass is 9.92. The molecule has 0 spiro atoms. The molecule has 2 aromatic carbocycles. The van der Waals surface area contributed by atoms with E-state index in [2.05, 4.69) is 0 Å². The SMILES string of the molecule is CCOc1ccc(C(c2ccc(OC)cc2)C(Cl)(Cl)Cl)cc1. The minimum atomic E-state index is -1.46. The van der Waals surface area contributed by atoms with Gasteiger partial charge in [0.05, 0.1) is 19.6 Å². The lowest BCUT2D eigenvalue weighted by molar-refractivity contribution is 0.340. The van der Waals surface area contributed by atoms with E-state index >= 15 is 0 Å². The summed E-state index contributed by atoms with van der Waals surface area (Å²) in [7, 11) is 1.62. The van der Waals surface area contributed by atoms with Gasteiger partial charge >= 0.3 is 0 Å². The fourth-order valence-electron chi connectivity index (χ4n) is 2.29. The van der Waals surface area contributed by atoms with E-state index < -0.39 is 3.79 Å². The number of methoxy groups -OCH3 is 1. The van der Waals surface area contributed by atoms with E-state index in [1.807, 2.05) is 55.5 Å². The first-order valence-electron chi connectivity index (χ1n) is 6.89. The molecule has 5 heteroatoms. The molecule has 0 aromatic heterocycles. The molecule has 0 aliphatic heterocycles. The molecule has 0 radical (unpaired) electrons. The third kappa shape index (κ3) is 4.22. The zero-order valence-corrected chi connectivity index (χ0v) is 14.6. The zero-order chi connectivity index (χ0) is 16.2. The van der Waals surface area contributed by atoms with Gasteiger partial charge in [-0.15, -0.1) is 0 Å². The predicted molar refractivity (Wildman–Crippen MR) is 92.7 cm³/mol. The second kappa shape index (κ2) is 7.45. The van der Waals surface area contributed by atoms with Gasteiger partial charge in [-0.05, 0) is 42.3 Å². The van der Waals surface area contributed by atoms with Crippen LogP contribution in [0.5, 0.6) is 11.5 Å². The molecule has 2 aromatic rings. The normalized spacial score (nSPS) is 12.8. The summed E-state index contributed by atoms with van der Waals surface area (Å²) >= 11 is 18.6. The molecule has 0 saturated heterocycles. The van der Waals surface area contributed by atoms with E-state index in [1.165, 1.54) is 0 Å². The van der Waals surface area contributed by atoms with Gasteiger partial charge in [-0.2, -0.15) is 0 Å². The van der Waals surface area contributed by atoms with Gasteiger partial charge < -0.3 is 9.47 Å². The number of benzene rings is 2. The Balaban J connectivity index is 2.37. The summed E-state index contributed by atoms with van der Waals surface area (Å²) in [6.45, 7) is 2.56. The quantitative estimate of drug-likeness (QED) is 0.647. The average Bonchev–Trinajstić information content (AvgIpc) is 2.49. The van der Waals surface area contributed by atoms with Crippen molar-refractivity contribution in [3.8, 4) is 11.5 Å². The van der Waals surface area contributed by atoms with Crippen LogP contribution in [0.25, 0.3) is 0 Å². The molecular formula is C17H17Cl3O2. The predicted octanol–water partition coefficient (Wildman–Crippen LogP) is 5.60. The van der Waals surface area contributed by atoms with Gasteiger partial charge in [-0.1, -0.05) is 59.1 Å². The van der Waals surface area contributed by atoms with E-state index in [9.17, 15) is 0 Å². The Labute approximate surface area is 145 Å². The number of hydrogen-bond acceptors (Lipinski definition) is 2. The Morgan fingerprint density at radius 3 is 1.68 bits per heavy atom. The molecule has 0 amide bonds. The first-order chi connectivity index (χ1) is 10.5. The highest BCUT2D eigenvalue weighted by molar-refractivity contribution is 6.68. The van der Waals surface area contributed by atoms with Crippen molar-refractivity contribution < 1.29 is 9.47 Å². The van der Waals surface area contributed by atoms with Crippen LogP contribution in [-0.2, 0) is 0 Å². The molecule has 0 heterocycles. The van der Waals surface area contributed by atoms with Crippen molar-refractivity contribution >= 4 is 34.8 Å². The van der Waals surface area contributed by atoms with Crippen LogP contribution >= 0.6 is 34.8 Å². The minimum Gasteiger partial charge on any atom is -0.497 e. The lowest BCUT2D eigenvalue weighted by Gasteiger charge is -2.25. The molecule has 0 fully saturated rings. The van der Waals surface area contributed by atoms with Gasteiger partial charge in [0.25, 0.3) is 0 Å². The molecule has 1 atom stereocenters. The standard InChI is InChI=1S/C17H17Cl3O2/c1-3-22-15-10-6-13(7-11-15)16(17(18,19)20)12-4-8-14(21-2)9-5-12/h4-11,16H,3H2,1-2H3. The van der Waals surface area contributed by atoms with Crippen molar-refractivity contribution in [3.05, 3.63) is 59.7 Å². The van der Waals surface area contributed by atoms with E-state index in [0.717, 1.165) is 22.6 Å². The summed E-state index contributed by atoms with van der Waals surface area (Å²) in [6.07, 6.45) is 0. The molecule has 0 bridgehead atoms. The summed E-state index contributed by atoms with van der Waals surface area (Å²) in [4.78, 5) is 0. The van der Waals surface area contributed by atoms with Crippen molar-refractivity contribution in [2.45, 2.75) is 16.6 Å². The van der Waals surface area contributed by atoms with Crippen LogP contribution in [0.2, 0.25) is 0 Å². The summed E-state index contributed by atoms with van der Waals surface area (Å²) in [5.41, 5.74) is 1.82. The van der Waals surface area contributed by atoms with Crippen molar-refractivity contribution in [1.29, 1.82) is 0 Å². The van der Waals surface area contributed by atoms with E-state index in [1.54, 1.807) is 7.11 Å². The Morgan fingerprint density at radius 1 is 0.864 bits per heavy atom. The van der Waals surface area contributed by atoms with Gasteiger partial charge in [0.2, 0.25) is 3.79 Å². The van der Waals surface area contributed by atoms with Gasteiger partial charge in [-0.25, -0.2) is 0 Å². The molecule has 0 aliphatic rings. The number of hydrogen-bond donors (Lipinski definition) is 0. The van der Waals surface area contributed by atoms with Crippen LogP contribution in [-0.4, -0.2) is 17.5 Å². The minimum absolute atomic E-state index is 0.376. The Hall–Kier alpha value is -1.09. The largest absolute Gasteiger partial charge is 0.497 e. The Bertz CT molecular complexity index is 589. The number of ether oxygens (including phenoxy) is 2. The Morgan fingerprint density at radius 2 is 1.32 bits per heavy atom. The van der Waals surface area contributed by atoms with Crippen LogP contribution in [0.1, 0.15) is 24.0 Å². The van der Waals surface area contributed by atoms with Gasteiger partial charge in [-0.3, -0.25) is 0 Å². The van der Waals surface area contributed by atoms with Crippen LogP contribution in [0.3, 0.4) is 0 Å². The molecule has 2 rings (SSSR count). The molecule has 22 heavy (non-hydrogen) atoms. The maximum atomic E-state index is 6.21. The monoisotopic (exact) mass is 358 g/mol. The fourth-order valence-corrected chi connectivity index (χ4v) is 3.05. The average molecular weight is 360 g/mol. The summed E-state index contributed by atoms with van der Waals surface area (Å²) in [6, 6.07) is 15.1. The van der Waals surface area contributed by atoms with Crippen LogP contribution in [0.4, 0.5) is 0 Å². The third-order valence-corrected chi connectivity index (χ3v) is 3.96. The third-order valence-electron chi connectivity index (χ3n) is 3.30. The smallest absolute Gasteiger partial charge is 0.201 e.